The monoisotopic (exact) mass is 203 g/mol. The molecule has 3 nitrogen and oxygen atoms in total. The molecule has 1 heterocycles. The summed E-state index contributed by atoms with van der Waals surface area (Å²) in [5.41, 5.74) is 5.81. The molecule has 76 valence electrons. The van der Waals surface area contributed by atoms with Gasteiger partial charge in [-0.05, 0) is 18.6 Å². The maximum atomic E-state index is 11.1. The predicted octanol–water partition coefficient (Wildman–Crippen LogP) is 1.16. The van der Waals surface area contributed by atoms with E-state index >= 15 is 0 Å². The minimum absolute atomic E-state index is 0.197. The normalized spacial score (nSPS) is 34.2. The average Bonchev–Trinajstić information content (AvgIpc) is 2.10. The van der Waals surface area contributed by atoms with Gasteiger partial charge in [-0.2, -0.15) is 11.8 Å². The van der Waals surface area contributed by atoms with Crippen LogP contribution in [0.25, 0.3) is 0 Å². The summed E-state index contributed by atoms with van der Waals surface area (Å²) >= 11 is 1.84. The Morgan fingerprint density at radius 3 is 3.00 bits per heavy atom. The minimum atomic E-state index is -0.351. The number of methoxy groups -OCH3 is 1. The van der Waals surface area contributed by atoms with Gasteiger partial charge in [0.05, 0.1) is 13.5 Å². The smallest absolute Gasteiger partial charge is 0.307 e. The second-order valence-corrected chi connectivity index (χ2v) is 5.05. The number of hydrogen-bond acceptors (Lipinski definition) is 4. The van der Waals surface area contributed by atoms with Crippen LogP contribution in [0.4, 0.5) is 0 Å². The van der Waals surface area contributed by atoms with Crippen molar-refractivity contribution >= 4 is 17.7 Å². The van der Waals surface area contributed by atoms with Gasteiger partial charge in [-0.1, -0.05) is 6.92 Å². The third-order valence-corrected chi connectivity index (χ3v) is 4.16. The fourth-order valence-electron chi connectivity index (χ4n) is 1.60. The standard InChI is InChI=1S/C9H17NO2S/c1-7-9(10,4-3-5-13-7)6-8(11)12-2/h7H,3-6,10H2,1-2H3. The number of carbonyl (C=O) groups is 1. The zero-order chi connectivity index (χ0) is 9.90. The van der Waals surface area contributed by atoms with E-state index in [0.717, 1.165) is 18.6 Å². The summed E-state index contributed by atoms with van der Waals surface area (Å²) in [5.74, 6) is 0.957. The molecule has 1 rings (SSSR count). The molecule has 1 aliphatic rings. The summed E-state index contributed by atoms with van der Waals surface area (Å²) in [6, 6.07) is 0. The van der Waals surface area contributed by atoms with Crippen LogP contribution < -0.4 is 5.73 Å². The fourth-order valence-corrected chi connectivity index (χ4v) is 2.80. The van der Waals surface area contributed by atoms with Crippen molar-refractivity contribution in [3.8, 4) is 0 Å². The molecule has 1 aliphatic heterocycles. The first-order valence-electron chi connectivity index (χ1n) is 4.56. The molecular weight excluding hydrogens is 186 g/mol. The maximum Gasteiger partial charge on any atom is 0.307 e. The average molecular weight is 203 g/mol. The lowest BCUT2D eigenvalue weighted by Crippen LogP contribution is -2.51. The van der Waals surface area contributed by atoms with E-state index in [2.05, 4.69) is 11.7 Å². The van der Waals surface area contributed by atoms with Crippen LogP contribution in [0.5, 0.6) is 0 Å². The van der Waals surface area contributed by atoms with Crippen LogP contribution in [0.15, 0.2) is 0 Å². The van der Waals surface area contributed by atoms with E-state index in [0.29, 0.717) is 11.7 Å². The van der Waals surface area contributed by atoms with Crippen LogP contribution in [0.2, 0.25) is 0 Å². The summed E-state index contributed by atoms with van der Waals surface area (Å²) in [6.07, 6.45) is 2.37. The van der Waals surface area contributed by atoms with Crippen molar-refractivity contribution in [1.29, 1.82) is 0 Å². The Morgan fingerprint density at radius 1 is 1.77 bits per heavy atom. The number of thioether (sulfide) groups is 1. The zero-order valence-corrected chi connectivity index (χ0v) is 9.02. The van der Waals surface area contributed by atoms with Gasteiger partial charge >= 0.3 is 5.97 Å². The van der Waals surface area contributed by atoms with Gasteiger partial charge in [-0.25, -0.2) is 0 Å². The molecule has 0 saturated carbocycles. The third kappa shape index (κ3) is 2.61. The first-order chi connectivity index (χ1) is 6.08. The molecule has 0 aromatic carbocycles. The number of ether oxygens (including phenoxy) is 1. The Morgan fingerprint density at radius 2 is 2.46 bits per heavy atom. The highest BCUT2D eigenvalue weighted by Gasteiger charge is 2.37. The molecular formula is C9H17NO2S. The van der Waals surface area contributed by atoms with Gasteiger partial charge in [0.1, 0.15) is 0 Å². The molecule has 0 amide bonds. The molecule has 0 bridgehead atoms. The van der Waals surface area contributed by atoms with Gasteiger partial charge < -0.3 is 10.5 Å². The van der Waals surface area contributed by atoms with E-state index in [1.807, 2.05) is 11.8 Å². The Hall–Kier alpha value is -0.220. The quantitative estimate of drug-likeness (QED) is 0.684. The van der Waals surface area contributed by atoms with Crippen LogP contribution in [-0.2, 0) is 9.53 Å². The van der Waals surface area contributed by atoms with E-state index in [1.54, 1.807) is 0 Å². The lowest BCUT2D eigenvalue weighted by atomic mass is 9.87. The third-order valence-electron chi connectivity index (χ3n) is 2.67. The molecule has 13 heavy (non-hydrogen) atoms. The van der Waals surface area contributed by atoms with Crippen molar-refractivity contribution in [2.75, 3.05) is 12.9 Å². The summed E-state index contributed by atoms with van der Waals surface area (Å²) < 4.78 is 4.64. The molecule has 4 heteroatoms. The van der Waals surface area contributed by atoms with Crippen LogP contribution in [0.3, 0.4) is 0 Å². The molecule has 1 saturated heterocycles. The molecule has 0 aromatic heterocycles. The van der Waals surface area contributed by atoms with Crippen LogP contribution in [-0.4, -0.2) is 29.6 Å². The van der Waals surface area contributed by atoms with E-state index in [1.165, 1.54) is 7.11 Å². The van der Waals surface area contributed by atoms with Crippen LogP contribution in [0.1, 0.15) is 26.2 Å². The summed E-state index contributed by atoms with van der Waals surface area (Å²) in [4.78, 5) is 11.1. The van der Waals surface area contributed by atoms with Crippen molar-refractivity contribution in [3.63, 3.8) is 0 Å². The Kier molecular flexibility index (Phi) is 3.62. The molecule has 0 spiro atoms. The van der Waals surface area contributed by atoms with E-state index in [9.17, 15) is 4.79 Å². The summed E-state index contributed by atoms with van der Waals surface area (Å²) in [5, 5.41) is 0.348. The lowest BCUT2D eigenvalue weighted by molar-refractivity contribution is -0.142. The van der Waals surface area contributed by atoms with Gasteiger partial charge in [0, 0.05) is 10.8 Å². The second-order valence-electron chi connectivity index (χ2n) is 3.60. The molecule has 0 aliphatic carbocycles. The number of hydrogen-bond donors (Lipinski definition) is 1. The largest absolute Gasteiger partial charge is 0.469 e. The van der Waals surface area contributed by atoms with E-state index < -0.39 is 0 Å². The highest BCUT2D eigenvalue weighted by molar-refractivity contribution is 8.00. The predicted molar refractivity (Wildman–Crippen MR) is 54.7 cm³/mol. The van der Waals surface area contributed by atoms with E-state index in [4.69, 9.17) is 5.73 Å². The highest BCUT2D eigenvalue weighted by atomic mass is 32.2. The fraction of sp³-hybridized carbons (Fsp3) is 0.889. The number of carbonyl (C=O) groups excluding carboxylic acids is 1. The molecule has 2 atom stereocenters. The molecule has 2 N–H and O–H groups in total. The number of nitrogens with two attached hydrogens (primary N) is 1. The van der Waals surface area contributed by atoms with E-state index in [-0.39, 0.29) is 11.5 Å². The molecule has 1 fully saturated rings. The number of esters is 1. The van der Waals surface area contributed by atoms with Crippen LogP contribution >= 0.6 is 11.8 Å². The van der Waals surface area contributed by atoms with Gasteiger partial charge in [0.2, 0.25) is 0 Å². The van der Waals surface area contributed by atoms with Gasteiger partial charge in [-0.3, -0.25) is 4.79 Å². The van der Waals surface area contributed by atoms with Crippen molar-refractivity contribution in [1.82, 2.24) is 0 Å². The van der Waals surface area contributed by atoms with Crippen molar-refractivity contribution < 1.29 is 9.53 Å². The minimum Gasteiger partial charge on any atom is -0.469 e. The number of rotatable bonds is 2. The lowest BCUT2D eigenvalue weighted by Gasteiger charge is -2.38. The van der Waals surface area contributed by atoms with Crippen molar-refractivity contribution in [2.45, 2.75) is 37.0 Å². The van der Waals surface area contributed by atoms with Crippen LogP contribution in [0, 0.1) is 0 Å². The highest BCUT2D eigenvalue weighted by Crippen LogP contribution is 2.34. The second kappa shape index (κ2) is 4.33. The Labute approximate surface area is 83.4 Å². The molecule has 0 aromatic rings. The topological polar surface area (TPSA) is 52.3 Å². The van der Waals surface area contributed by atoms with Gasteiger partial charge in [0.25, 0.3) is 0 Å². The first kappa shape index (κ1) is 10.9. The Balaban J connectivity index is 2.56. The SMILES string of the molecule is COC(=O)CC1(N)CCCSC1C. The first-order valence-corrected chi connectivity index (χ1v) is 5.60. The summed E-state index contributed by atoms with van der Waals surface area (Å²) in [6.45, 7) is 2.09. The molecule has 0 radical (unpaired) electrons. The van der Waals surface area contributed by atoms with Crippen molar-refractivity contribution in [3.05, 3.63) is 0 Å². The zero-order valence-electron chi connectivity index (χ0n) is 8.21. The Bertz CT molecular complexity index is 198. The van der Waals surface area contributed by atoms with Gasteiger partial charge in [-0.15, -0.1) is 0 Å². The van der Waals surface area contributed by atoms with Gasteiger partial charge in [0.15, 0.2) is 0 Å². The summed E-state index contributed by atoms with van der Waals surface area (Å²) in [7, 11) is 1.41. The van der Waals surface area contributed by atoms with Crippen molar-refractivity contribution in [2.24, 2.45) is 5.73 Å². The molecule has 2 unspecified atom stereocenters. The maximum absolute atomic E-state index is 11.1.